The Kier molecular flexibility index (Phi) is 3.40. The van der Waals surface area contributed by atoms with Gasteiger partial charge in [-0.15, -0.1) is 0 Å². The van der Waals surface area contributed by atoms with Gasteiger partial charge in [0, 0.05) is 12.2 Å². The largest absolute Gasteiger partial charge is 0.308 e. The maximum atomic E-state index is 11.9. The molecule has 84 valence electrons. The Hall–Kier alpha value is -1.57. The van der Waals surface area contributed by atoms with Gasteiger partial charge >= 0.3 is 0 Å². The molecule has 2 nitrogen and oxygen atoms in total. The fraction of sp³-hybridized carbons (Fsp3) is 0.357. The van der Waals surface area contributed by atoms with Gasteiger partial charge in [0.05, 0.1) is 0 Å². The molecule has 0 bridgehead atoms. The van der Waals surface area contributed by atoms with Gasteiger partial charge in [-0.3, -0.25) is 4.79 Å². The maximum Gasteiger partial charge on any atom is 0.250 e. The van der Waals surface area contributed by atoms with Crippen LogP contribution in [0.3, 0.4) is 0 Å². The third-order valence-corrected chi connectivity index (χ3v) is 2.87. The number of amides is 1. The molecule has 1 aromatic carbocycles. The number of carbonyl (C=O) groups excluding carboxylic acids is 1. The molecule has 1 aromatic rings. The highest BCUT2D eigenvalue weighted by Gasteiger charge is 2.21. The van der Waals surface area contributed by atoms with E-state index in [-0.39, 0.29) is 5.91 Å². The van der Waals surface area contributed by atoms with Crippen LogP contribution in [0.15, 0.2) is 36.4 Å². The van der Waals surface area contributed by atoms with Crippen molar-refractivity contribution in [3.05, 3.63) is 42.0 Å². The second-order valence-corrected chi connectivity index (χ2v) is 4.06. The molecule has 0 saturated heterocycles. The fourth-order valence-electron chi connectivity index (χ4n) is 2.01. The lowest BCUT2D eigenvalue weighted by Crippen LogP contribution is -2.26. The van der Waals surface area contributed by atoms with Crippen molar-refractivity contribution in [3.63, 3.8) is 0 Å². The van der Waals surface area contributed by atoms with E-state index in [1.807, 2.05) is 29.2 Å². The molecular formula is C14H17NO. The Morgan fingerprint density at radius 3 is 3.06 bits per heavy atom. The molecule has 0 aliphatic carbocycles. The van der Waals surface area contributed by atoms with Crippen LogP contribution in [0.4, 0.5) is 5.69 Å². The summed E-state index contributed by atoms with van der Waals surface area (Å²) in [6.07, 6.45) is 6.69. The van der Waals surface area contributed by atoms with Crippen LogP contribution >= 0.6 is 0 Å². The molecule has 16 heavy (non-hydrogen) atoms. The molecule has 0 atom stereocenters. The van der Waals surface area contributed by atoms with Crippen molar-refractivity contribution < 1.29 is 4.79 Å². The molecule has 1 amide bonds. The van der Waals surface area contributed by atoms with Crippen LogP contribution in [0.5, 0.6) is 0 Å². The van der Waals surface area contributed by atoms with E-state index in [1.54, 1.807) is 6.08 Å². The first-order valence-corrected chi connectivity index (χ1v) is 5.89. The monoisotopic (exact) mass is 215 g/mol. The van der Waals surface area contributed by atoms with Crippen LogP contribution in [0.25, 0.3) is 0 Å². The summed E-state index contributed by atoms with van der Waals surface area (Å²) in [5.74, 6) is 0.110. The first kappa shape index (κ1) is 10.9. The number of fused-ring (bicyclic) bond motifs is 1. The van der Waals surface area contributed by atoms with Gasteiger partial charge in [-0.1, -0.05) is 37.6 Å². The molecule has 1 aliphatic rings. The van der Waals surface area contributed by atoms with Crippen LogP contribution in [0, 0.1) is 0 Å². The van der Waals surface area contributed by atoms with Crippen molar-refractivity contribution in [1.82, 2.24) is 0 Å². The maximum absolute atomic E-state index is 11.9. The third-order valence-electron chi connectivity index (χ3n) is 2.87. The molecule has 2 heteroatoms. The molecule has 1 aliphatic heterocycles. The van der Waals surface area contributed by atoms with Crippen LogP contribution in [0.1, 0.15) is 25.3 Å². The number of nitrogens with zero attached hydrogens (tertiary/aromatic N) is 1. The van der Waals surface area contributed by atoms with E-state index in [0.29, 0.717) is 0 Å². The molecule has 0 N–H and O–H groups in total. The zero-order valence-corrected chi connectivity index (χ0v) is 9.65. The van der Waals surface area contributed by atoms with Crippen LogP contribution in [0.2, 0.25) is 0 Å². The van der Waals surface area contributed by atoms with Crippen molar-refractivity contribution in [2.24, 2.45) is 0 Å². The summed E-state index contributed by atoms with van der Waals surface area (Å²) in [6.45, 7) is 2.93. The minimum Gasteiger partial charge on any atom is -0.308 e. The lowest BCUT2D eigenvalue weighted by molar-refractivity contribution is -0.114. The summed E-state index contributed by atoms with van der Waals surface area (Å²) in [5, 5.41) is 0. The van der Waals surface area contributed by atoms with Crippen molar-refractivity contribution in [2.75, 3.05) is 11.4 Å². The average molecular weight is 215 g/mol. The van der Waals surface area contributed by atoms with Crippen molar-refractivity contribution >= 4 is 11.6 Å². The van der Waals surface area contributed by atoms with Gasteiger partial charge in [0.1, 0.15) is 0 Å². The van der Waals surface area contributed by atoms with Gasteiger partial charge in [0.15, 0.2) is 0 Å². The number of rotatable bonds is 3. The van der Waals surface area contributed by atoms with Crippen molar-refractivity contribution in [3.8, 4) is 0 Å². The summed E-state index contributed by atoms with van der Waals surface area (Å²) in [4.78, 5) is 13.8. The van der Waals surface area contributed by atoms with Gasteiger partial charge in [0.25, 0.3) is 5.91 Å². The van der Waals surface area contributed by atoms with Crippen LogP contribution < -0.4 is 4.90 Å². The summed E-state index contributed by atoms with van der Waals surface area (Å²) >= 11 is 0. The quantitative estimate of drug-likeness (QED) is 0.710. The highest BCUT2D eigenvalue weighted by Crippen LogP contribution is 2.27. The number of hydrogen-bond acceptors (Lipinski definition) is 1. The van der Waals surface area contributed by atoms with Crippen molar-refractivity contribution in [2.45, 2.75) is 26.2 Å². The first-order valence-electron chi connectivity index (χ1n) is 5.89. The highest BCUT2D eigenvalue weighted by molar-refractivity contribution is 6.02. The number of para-hydroxylation sites is 1. The van der Waals surface area contributed by atoms with Crippen LogP contribution in [-0.4, -0.2) is 12.5 Å². The number of hydrogen-bond donors (Lipinski definition) is 0. The second-order valence-electron chi connectivity index (χ2n) is 4.06. The third kappa shape index (κ3) is 2.16. The second kappa shape index (κ2) is 4.97. The normalized spacial score (nSPS) is 14.4. The summed E-state index contributed by atoms with van der Waals surface area (Å²) in [7, 11) is 0. The van der Waals surface area contributed by atoms with E-state index < -0.39 is 0 Å². The molecular weight excluding hydrogens is 198 g/mol. The summed E-state index contributed by atoms with van der Waals surface area (Å²) in [5.41, 5.74) is 2.35. The van der Waals surface area contributed by atoms with E-state index in [9.17, 15) is 4.79 Å². The Morgan fingerprint density at radius 1 is 1.44 bits per heavy atom. The molecule has 2 rings (SSSR count). The smallest absolute Gasteiger partial charge is 0.250 e. The standard InChI is InChI=1S/C14H17NO/c1-2-3-4-9-14(16)15-11-10-12-7-5-6-8-13(12)15/h4-9H,2-3,10-11H2,1H3/b9-4+. The van der Waals surface area contributed by atoms with Gasteiger partial charge in [-0.25, -0.2) is 0 Å². The minimum atomic E-state index is 0.110. The molecule has 0 unspecified atom stereocenters. The van der Waals surface area contributed by atoms with Crippen molar-refractivity contribution in [1.29, 1.82) is 0 Å². The lowest BCUT2D eigenvalue weighted by Gasteiger charge is -2.14. The van der Waals surface area contributed by atoms with Gasteiger partial charge < -0.3 is 4.90 Å². The van der Waals surface area contributed by atoms with Gasteiger partial charge in [-0.2, -0.15) is 0 Å². The lowest BCUT2D eigenvalue weighted by atomic mass is 10.2. The predicted molar refractivity (Wildman–Crippen MR) is 66.5 cm³/mol. The Bertz CT molecular complexity index is 409. The van der Waals surface area contributed by atoms with Gasteiger partial charge in [-0.05, 0) is 30.5 Å². The van der Waals surface area contributed by atoms with E-state index >= 15 is 0 Å². The number of carbonyl (C=O) groups is 1. The fourth-order valence-corrected chi connectivity index (χ4v) is 2.01. The zero-order chi connectivity index (χ0) is 11.4. The Balaban J connectivity index is 2.10. The highest BCUT2D eigenvalue weighted by atomic mass is 16.2. The molecule has 0 saturated carbocycles. The van der Waals surface area contributed by atoms with E-state index in [2.05, 4.69) is 13.0 Å². The first-order chi connectivity index (χ1) is 7.83. The molecule has 0 spiro atoms. The van der Waals surface area contributed by atoms with E-state index in [0.717, 1.165) is 31.5 Å². The SMILES string of the molecule is CCC/C=C/C(=O)N1CCc2ccccc21. The average Bonchev–Trinajstić information content (AvgIpc) is 2.73. The van der Waals surface area contributed by atoms with Gasteiger partial charge in [0.2, 0.25) is 0 Å². The van der Waals surface area contributed by atoms with Crippen LogP contribution in [-0.2, 0) is 11.2 Å². The Morgan fingerprint density at radius 2 is 2.25 bits per heavy atom. The number of anilines is 1. The zero-order valence-electron chi connectivity index (χ0n) is 9.65. The minimum absolute atomic E-state index is 0.110. The number of benzene rings is 1. The number of allylic oxidation sites excluding steroid dienone is 1. The summed E-state index contributed by atoms with van der Waals surface area (Å²) in [6, 6.07) is 8.13. The van der Waals surface area contributed by atoms with E-state index in [4.69, 9.17) is 0 Å². The summed E-state index contributed by atoms with van der Waals surface area (Å²) < 4.78 is 0. The number of unbranched alkanes of at least 4 members (excludes halogenated alkanes) is 1. The topological polar surface area (TPSA) is 20.3 Å². The molecule has 0 radical (unpaired) electrons. The predicted octanol–water partition coefficient (Wildman–Crippen LogP) is 2.93. The molecule has 0 fully saturated rings. The molecule has 0 aromatic heterocycles. The Labute approximate surface area is 96.6 Å². The molecule has 1 heterocycles. The van der Waals surface area contributed by atoms with E-state index in [1.165, 1.54) is 5.56 Å².